The Balaban J connectivity index is 2.62. The average Bonchev–Trinajstić information content (AvgIpc) is 2.90. The normalized spacial score (nSPS) is 12.1. The predicted molar refractivity (Wildman–Crippen MR) is 77.1 cm³/mol. The zero-order valence-corrected chi connectivity index (χ0v) is 11.7. The summed E-state index contributed by atoms with van der Waals surface area (Å²) in [5, 5.41) is 22.0. The minimum absolute atomic E-state index is 0.120. The van der Waals surface area contributed by atoms with E-state index >= 15 is 0 Å². The number of aliphatic carboxylic acids is 2. The van der Waals surface area contributed by atoms with E-state index in [1.54, 1.807) is 25.1 Å². The molecule has 2 rings (SSSR count). The Morgan fingerprint density at radius 2 is 2.00 bits per heavy atom. The third-order valence-electron chi connectivity index (χ3n) is 3.17. The van der Waals surface area contributed by atoms with Crippen LogP contribution in [0.2, 0.25) is 0 Å². The molecule has 1 aromatic heterocycles. The maximum absolute atomic E-state index is 11.2. The minimum Gasteiger partial charge on any atom is -0.481 e. The minimum atomic E-state index is -0.929. The number of hydrogen-bond donors (Lipinski definition) is 2. The molecule has 0 aliphatic carbocycles. The van der Waals surface area contributed by atoms with E-state index in [4.69, 9.17) is 5.11 Å². The van der Waals surface area contributed by atoms with Gasteiger partial charge < -0.3 is 10.2 Å². The molecule has 2 aromatic rings. The fourth-order valence-corrected chi connectivity index (χ4v) is 2.83. The van der Waals surface area contributed by atoms with Crippen molar-refractivity contribution in [3.63, 3.8) is 0 Å². The van der Waals surface area contributed by atoms with Gasteiger partial charge in [0.05, 0.1) is 12.3 Å². The molecule has 0 amide bonds. The number of carboxylic acids is 2. The first-order valence-corrected chi connectivity index (χ1v) is 7.04. The highest BCUT2D eigenvalue weighted by Gasteiger charge is 2.21. The number of carbonyl (C=O) groups is 2. The lowest BCUT2D eigenvalue weighted by molar-refractivity contribution is -0.138. The molecule has 2 N–H and O–H groups in total. The standard InChI is InChI=1S/C15H14O4S/c1-9(15(18)19)12-4-2-3-10(7-13(16)17)14(12)11-5-6-20-8-11/h2-6,8-9H,7H2,1H3,(H,16,17)(H,18,19). The van der Waals surface area contributed by atoms with Crippen LogP contribution in [0.15, 0.2) is 35.0 Å². The van der Waals surface area contributed by atoms with Crippen molar-refractivity contribution < 1.29 is 19.8 Å². The molecule has 0 spiro atoms. The van der Waals surface area contributed by atoms with E-state index in [0.29, 0.717) is 11.1 Å². The molecule has 5 heteroatoms. The van der Waals surface area contributed by atoms with Crippen LogP contribution < -0.4 is 0 Å². The third-order valence-corrected chi connectivity index (χ3v) is 3.85. The van der Waals surface area contributed by atoms with Gasteiger partial charge in [0.2, 0.25) is 0 Å². The molecule has 0 saturated heterocycles. The van der Waals surface area contributed by atoms with Gasteiger partial charge in [0.25, 0.3) is 0 Å². The maximum Gasteiger partial charge on any atom is 0.310 e. The van der Waals surface area contributed by atoms with E-state index in [9.17, 15) is 14.7 Å². The van der Waals surface area contributed by atoms with Crippen molar-refractivity contribution >= 4 is 23.3 Å². The number of rotatable bonds is 5. The smallest absolute Gasteiger partial charge is 0.310 e. The molecule has 20 heavy (non-hydrogen) atoms. The first-order chi connectivity index (χ1) is 9.50. The Labute approximate surface area is 120 Å². The van der Waals surface area contributed by atoms with Gasteiger partial charge in [-0.2, -0.15) is 11.3 Å². The van der Waals surface area contributed by atoms with Gasteiger partial charge in [-0.3, -0.25) is 9.59 Å². The zero-order valence-electron chi connectivity index (χ0n) is 10.9. The highest BCUT2D eigenvalue weighted by Crippen LogP contribution is 2.34. The summed E-state index contributed by atoms with van der Waals surface area (Å²) >= 11 is 1.50. The number of benzene rings is 1. The Morgan fingerprint density at radius 3 is 2.55 bits per heavy atom. The van der Waals surface area contributed by atoms with Gasteiger partial charge >= 0.3 is 11.9 Å². The van der Waals surface area contributed by atoms with Gasteiger partial charge in [-0.15, -0.1) is 0 Å². The summed E-state index contributed by atoms with van der Waals surface area (Å²) in [5.41, 5.74) is 2.89. The predicted octanol–water partition coefficient (Wildman–Crippen LogP) is 3.23. The number of hydrogen-bond acceptors (Lipinski definition) is 3. The number of thiophene rings is 1. The molecule has 0 fully saturated rings. The maximum atomic E-state index is 11.2. The molecule has 1 heterocycles. The van der Waals surface area contributed by atoms with Crippen LogP contribution in [-0.4, -0.2) is 22.2 Å². The Morgan fingerprint density at radius 1 is 1.25 bits per heavy atom. The summed E-state index contributed by atoms with van der Waals surface area (Å²) in [6.07, 6.45) is -0.120. The Kier molecular flexibility index (Phi) is 4.20. The highest BCUT2D eigenvalue weighted by atomic mass is 32.1. The second kappa shape index (κ2) is 5.88. The summed E-state index contributed by atoms with van der Waals surface area (Å²) in [7, 11) is 0. The van der Waals surface area contributed by atoms with Gasteiger partial charge in [0.15, 0.2) is 0 Å². The van der Waals surface area contributed by atoms with Crippen LogP contribution in [0.3, 0.4) is 0 Å². The largest absolute Gasteiger partial charge is 0.481 e. The molecule has 0 bridgehead atoms. The molecule has 0 saturated carbocycles. The summed E-state index contributed by atoms with van der Waals surface area (Å²) in [6, 6.07) is 7.07. The Hall–Kier alpha value is -2.14. The fraction of sp³-hybridized carbons (Fsp3) is 0.200. The van der Waals surface area contributed by atoms with E-state index < -0.39 is 17.9 Å². The first-order valence-electron chi connectivity index (χ1n) is 6.09. The van der Waals surface area contributed by atoms with Crippen LogP contribution in [-0.2, 0) is 16.0 Å². The molecule has 1 aromatic carbocycles. The van der Waals surface area contributed by atoms with Crippen LogP contribution in [0.25, 0.3) is 11.1 Å². The van der Waals surface area contributed by atoms with Crippen molar-refractivity contribution in [1.82, 2.24) is 0 Å². The second-order valence-electron chi connectivity index (χ2n) is 4.52. The quantitative estimate of drug-likeness (QED) is 0.886. The van der Waals surface area contributed by atoms with Gasteiger partial charge in [0.1, 0.15) is 0 Å². The van der Waals surface area contributed by atoms with Gasteiger partial charge in [-0.1, -0.05) is 18.2 Å². The van der Waals surface area contributed by atoms with Crippen LogP contribution >= 0.6 is 11.3 Å². The molecule has 0 aliphatic heterocycles. The monoisotopic (exact) mass is 290 g/mol. The van der Waals surface area contributed by atoms with E-state index in [1.165, 1.54) is 11.3 Å². The molecular weight excluding hydrogens is 276 g/mol. The van der Waals surface area contributed by atoms with Gasteiger partial charge in [-0.05, 0) is 46.0 Å². The van der Waals surface area contributed by atoms with Gasteiger partial charge in [0, 0.05) is 0 Å². The lowest BCUT2D eigenvalue weighted by atomic mass is 9.88. The molecule has 4 nitrogen and oxygen atoms in total. The van der Waals surface area contributed by atoms with Gasteiger partial charge in [-0.25, -0.2) is 0 Å². The summed E-state index contributed by atoms with van der Waals surface area (Å²) in [4.78, 5) is 22.2. The van der Waals surface area contributed by atoms with Crippen molar-refractivity contribution in [2.45, 2.75) is 19.3 Å². The molecule has 0 radical (unpaired) electrons. The van der Waals surface area contributed by atoms with Crippen molar-refractivity contribution in [2.75, 3.05) is 0 Å². The van der Waals surface area contributed by atoms with Crippen LogP contribution in [0.4, 0.5) is 0 Å². The van der Waals surface area contributed by atoms with Crippen LogP contribution in [0.1, 0.15) is 24.0 Å². The van der Waals surface area contributed by atoms with Crippen molar-refractivity contribution in [1.29, 1.82) is 0 Å². The third kappa shape index (κ3) is 2.88. The van der Waals surface area contributed by atoms with Crippen LogP contribution in [0, 0.1) is 0 Å². The molecule has 0 aliphatic rings. The van der Waals surface area contributed by atoms with E-state index in [1.807, 2.05) is 16.8 Å². The van der Waals surface area contributed by atoms with E-state index in [-0.39, 0.29) is 6.42 Å². The zero-order chi connectivity index (χ0) is 14.7. The van der Waals surface area contributed by atoms with E-state index in [0.717, 1.165) is 11.1 Å². The summed E-state index contributed by atoms with van der Waals surface area (Å²) in [6.45, 7) is 1.61. The van der Waals surface area contributed by atoms with Crippen molar-refractivity contribution in [2.24, 2.45) is 0 Å². The lowest BCUT2D eigenvalue weighted by Gasteiger charge is -2.16. The SMILES string of the molecule is CC(C(=O)O)c1cccc(CC(=O)O)c1-c1ccsc1. The first kappa shape index (κ1) is 14.3. The fourth-order valence-electron chi connectivity index (χ4n) is 2.18. The molecular formula is C15H14O4S. The lowest BCUT2D eigenvalue weighted by Crippen LogP contribution is -2.11. The molecule has 104 valence electrons. The Bertz CT molecular complexity index is 631. The average molecular weight is 290 g/mol. The van der Waals surface area contributed by atoms with E-state index in [2.05, 4.69) is 0 Å². The van der Waals surface area contributed by atoms with Crippen LogP contribution in [0.5, 0.6) is 0 Å². The molecule has 1 atom stereocenters. The second-order valence-corrected chi connectivity index (χ2v) is 5.30. The highest BCUT2D eigenvalue weighted by molar-refractivity contribution is 7.08. The summed E-state index contributed by atoms with van der Waals surface area (Å²) < 4.78 is 0. The number of carboxylic acid groups (broad SMARTS) is 2. The van der Waals surface area contributed by atoms with Crippen molar-refractivity contribution in [3.8, 4) is 11.1 Å². The molecule has 1 unspecified atom stereocenters. The topological polar surface area (TPSA) is 74.6 Å². The summed E-state index contributed by atoms with van der Waals surface area (Å²) in [5.74, 6) is -2.53. The van der Waals surface area contributed by atoms with Crippen molar-refractivity contribution in [3.05, 3.63) is 46.2 Å².